The van der Waals surface area contributed by atoms with Crippen LogP contribution in [0.1, 0.15) is 17.4 Å². The van der Waals surface area contributed by atoms with Gasteiger partial charge >= 0.3 is 0 Å². The zero-order chi connectivity index (χ0) is 13.3. The van der Waals surface area contributed by atoms with Gasteiger partial charge < -0.3 is 20.9 Å². The van der Waals surface area contributed by atoms with Gasteiger partial charge in [-0.1, -0.05) is 6.07 Å². The molecule has 0 aliphatic rings. The summed E-state index contributed by atoms with van der Waals surface area (Å²) in [4.78, 5) is 14.9. The first kappa shape index (κ1) is 12.8. The molecule has 18 heavy (non-hydrogen) atoms. The van der Waals surface area contributed by atoms with Crippen molar-refractivity contribution in [2.24, 2.45) is 5.73 Å². The van der Waals surface area contributed by atoms with Crippen LogP contribution in [0.25, 0.3) is 10.9 Å². The lowest BCUT2D eigenvalue weighted by Crippen LogP contribution is -2.27. The largest absolute Gasteiger partial charge is 0.389 e. The minimum absolute atomic E-state index is 0.0382. The average molecular weight is 248 g/mol. The van der Waals surface area contributed by atoms with Crippen molar-refractivity contribution < 1.29 is 10.2 Å². The van der Waals surface area contributed by atoms with Crippen molar-refractivity contribution in [3.05, 3.63) is 45.7 Å². The maximum atomic E-state index is 11.8. The molecular formula is C13H16N2O3. The van der Waals surface area contributed by atoms with E-state index in [-0.39, 0.29) is 12.0 Å². The molecule has 5 heteroatoms. The number of benzene rings is 1. The number of aliphatic hydroxyl groups excluding tert-OH is 2. The number of hydrogen-bond acceptors (Lipinski definition) is 4. The highest BCUT2D eigenvalue weighted by molar-refractivity contribution is 5.79. The Morgan fingerprint density at radius 2 is 2.06 bits per heavy atom. The summed E-state index contributed by atoms with van der Waals surface area (Å²) < 4.78 is 0. The van der Waals surface area contributed by atoms with Crippen LogP contribution in [-0.4, -0.2) is 27.8 Å². The Labute approximate surface area is 104 Å². The van der Waals surface area contributed by atoms with E-state index in [2.05, 4.69) is 4.98 Å². The van der Waals surface area contributed by atoms with Gasteiger partial charge in [0.05, 0.1) is 6.10 Å². The Balaban J connectivity index is 2.54. The number of aromatic amines is 1. The fourth-order valence-corrected chi connectivity index (χ4v) is 1.93. The number of aromatic nitrogens is 1. The number of nitrogens with one attached hydrogen (secondary N) is 1. The quantitative estimate of drug-likeness (QED) is 0.623. The Morgan fingerprint density at radius 1 is 1.33 bits per heavy atom. The minimum Gasteiger partial charge on any atom is -0.389 e. The first-order chi connectivity index (χ1) is 8.52. The molecule has 1 aromatic heterocycles. The second-order valence-corrected chi connectivity index (χ2v) is 4.37. The fourth-order valence-electron chi connectivity index (χ4n) is 1.93. The Bertz CT molecular complexity index is 621. The SMILES string of the molecule is Cc1cc(=O)c2cc(C(O)C(O)CN)ccc2[nH]1. The van der Waals surface area contributed by atoms with E-state index in [4.69, 9.17) is 5.73 Å². The maximum absolute atomic E-state index is 11.8. The van der Waals surface area contributed by atoms with Crippen LogP contribution in [0.15, 0.2) is 29.1 Å². The van der Waals surface area contributed by atoms with Crippen molar-refractivity contribution in [1.29, 1.82) is 0 Å². The molecule has 0 amide bonds. The number of H-pyrrole nitrogens is 1. The van der Waals surface area contributed by atoms with E-state index in [1.54, 1.807) is 18.2 Å². The second kappa shape index (κ2) is 4.89. The average Bonchev–Trinajstić information content (AvgIpc) is 2.36. The molecule has 0 fully saturated rings. The van der Waals surface area contributed by atoms with Gasteiger partial charge in [0.15, 0.2) is 5.43 Å². The third kappa shape index (κ3) is 2.28. The predicted octanol–water partition coefficient (Wildman–Crippen LogP) is 0.190. The molecular weight excluding hydrogens is 232 g/mol. The van der Waals surface area contributed by atoms with E-state index in [0.717, 1.165) is 5.69 Å². The predicted molar refractivity (Wildman–Crippen MR) is 69.3 cm³/mol. The van der Waals surface area contributed by atoms with Gasteiger partial charge in [-0.3, -0.25) is 4.79 Å². The molecule has 0 saturated heterocycles. The molecule has 2 atom stereocenters. The van der Waals surface area contributed by atoms with E-state index < -0.39 is 12.2 Å². The summed E-state index contributed by atoms with van der Waals surface area (Å²) in [6, 6.07) is 6.46. The normalized spacial score (nSPS) is 14.7. The van der Waals surface area contributed by atoms with Gasteiger partial charge in [0.1, 0.15) is 6.10 Å². The molecule has 0 radical (unpaired) electrons. The minimum atomic E-state index is -1.08. The van der Waals surface area contributed by atoms with Gasteiger partial charge in [0.25, 0.3) is 0 Å². The monoisotopic (exact) mass is 248 g/mol. The van der Waals surface area contributed by atoms with E-state index in [9.17, 15) is 15.0 Å². The Morgan fingerprint density at radius 3 is 2.72 bits per heavy atom. The van der Waals surface area contributed by atoms with Crippen LogP contribution in [0.4, 0.5) is 0 Å². The highest BCUT2D eigenvalue weighted by atomic mass is 16.3. The molecule has 5 N–H and O–H groups in total. The van der Waals surface area contributed by atoms with Crippen molar-refractivity contribution in [1.82, 2.24) is 4.98 Å². The van der Waals surface area contributed by atoms with Gasteiger partial charge in [-0.2, -0.15) is 0 Å². The molecule has 1 heterocycles. The molecule has 0 saturated carbocycles. The van der Waals surface area contributed by atoms with Crippen LogP contribution in [0.3, 0.4) is 0 Å². The summed E-state index contributed by atoms with van der Waals surface area (Å²) in [5, 5.41) is 19.8. The van der Waals surface area contributed by atoms with Crippen LogP contribution in [0.5, 0.6) is 0 Å². The lowest BCUT2D eigenvalue weighted by molar-refractivity contribution is 0.0244. The number of pyridine rings is 1. The topological polar surface area (TPSA) is 99.3 Å². The lowest BCUT2D eigenvalue weighted by Gasteiger charge is -2.16. The van der Waals surface area contributed by atoms with Crippen LogP contribution in [-0.2, 0) is 0 Å². The fraction of sp³-hybridized carbons (Fsp3) is 0.308. The molecule has 1 aromatic carbocycles. The van der Waals surface area contributed by atoms with Crippen molar-refractivity contribution in [3.8, 4) is 0 Å². The third-order valence-corrected chi connectivity index (χ3v) is 2.94. The molecule has 2 unspecified atom stereocenters. The lowest BCUT2D eigenvalue weighted by atomic mass is 10.0. The van der Waals surface area contributed by atoms with Crippen molar-refractivity contribution in [3.63, 3.8) is 0 Å². The molecule has 5 nitrogen and oxygen atoms in total. The number of aliphatic hydroxyl groups is 2. The summed E-state index contributed by atoms with van der Waals surface area (Å²) >= 11 is 0. The summed E-state index contributed by atoms with van der Waals surface area (Å²) in [5.41, 5.74) is 7.15. The summed E-state index contributed by atoms with van der Waals surface area (Å²) in [6.45, 7) is 1.77. The standard InChI is InChI=1S/C13H16N2O3/c1-7-4-11(16)9-5-8(2-3-10(9)15-7)13(18)12(17)6-14/h2-5,12-13,17-18H,6,14H2,1H3,(H,15,16). The summed E-state index contributed by atoms with van der Waals surface area (Å²) in [5.74, 6) is 0. The molecule has 2 rings (SSSR count). The highest BCUT2D eigenvalue weighted by Crippen LogP contribution is 2.20. The zero-order valence-electron chi connectivity index (χ0n) is 10.1. The number of fused-ring (bicyclic) bond motifs is 1. The first-order valence-electron chi connectivity index (χ1n) is 5.72. The zero-order valence-corrected chi connectivity index (χ0v) is 10.1. The molecule has 0 spiro atoms. The van der Waals surface area contributed by atoms with Crippen LogP contribution < -0.4 is 11.2 Å². The number of hydrogen-bond donors (Lipinski definition) is 4. The Kier molecular flexibility index (Phi) is 3.47. The van der Waals surface area contributed by atoms with E-state index in [0.29, 0.717) is 16.5 Å². The third-order valence-electron chi connectivity index (χ3n) is 2.94. The summed E-state index contributed by atoms with van der Waals surface area (Å²) in [6.07, 6.45) is -2.12. The molecule has 0 bridgehead atoms. The number of aryl methyl sites for hydroxylation is 1. The van der Waals surface area contributed by atoms with Gasteiger partial charge in [0, 0.05) is 29.2 Å². The van der Waals surface area contributed by atoms with E-state index in [1.807, 2.05) is 6.92 Å². The van der Waals surface area contributed by atoms with Gasteiger partial charge in [0.2, 0.25) is 0 Å². The van der Waals surface area contributed by atoms with Gasteiger partial charge in [-0.25, -0.2) is 0 Å². The van der Waals surface area contributed by atoms with Crippen LogP contribution >= 0.6 is 0 Å². The highest BCUT2D eigenvalue weighted by Gasteiger charge is 2.17. The van der Waals surface area contributed by atoms with Crippen molar-refractivity contribution in [2.45, 2.75) is 19.1 Å². The molecule has 0 aliphatic heterocycles. The van der Waals surface area contributed by atoms with Gasteiger partial charge in [-0.15, -0.1) is 0 Å². The molecule has 0 aliphatic carbocycles. The number of rotatable bonds is 3. The second-order valence-electron chi connectivity index (χ2n) is 4.37. The maximum Gasteiger partial charge on any atom is 0.189 e. The number of nitrogens with two attached hydrogens (primary N) is 1. The molecule has 96 valence electrons. The molecule has 2 aromatic rings. The van der Waals surface area contributed by atoms with Gasteiger partial charge in [-0.05, 0) is 24.6 Å². The van der Waals surface area contributed by atoms with Crippen molar-refractivity contribution in [2.75, 3.05) is 6.54 Å². The van der Waals surface area contributed by atoms with Crippen LogP contribution in [0, 0.1) is 6.92 Å². The Hall–Kier alpha value is -1.69. The smallest absolute Gasteiger partial charge is 0.189 e. The van der Waals surface area contributed by atoms with E-state index >= 15 is 0 Å². The van der Waals surface area contributed by atoms with Crippen LogP contribution in [0.2, 0.25) is 0 Å². The first-order valence-corrected chi connectivity index (χ1v) is 5.72. The van der Waals surface area contributed by atoms with E-state index in [1.165, 1.54) is 6.07 Å². The van der Waals surface area contributed by atoms with Crippen molar-refractivity contribution >= 4 is 10.9 Å². The summed E-state index contributed by atoms with van der Waals surface area (Å²) in [7, 11) is 0.